The van der Waals surface area contributed by atoms with Crippen molar-refractivity contribution in [3.63, 3.8) is 0 Å². The molecule has 0 atom stereocenters. The number of amides is 1. The van der Waals surface area contributed by atoms with E-state index in [1.807, 2.05) is 60.7 Å². The quantitative estimate of drug-likeness (QED) is 0.139. The molecule has 0 spiro atoms. The molecule has 0 heterocycles. The predicted molar refractivity (Wildman–Crippen MR) is 155 cm³/mol. The van der Waals surface area contributed by atoms with Gasteiger partial charge in [-0.1, -0.05) is 68.1 Å². The van der Waals surface area contributed by atoms with Crippen LogP contribution in [0.3, 0.4) is 0 Å². The number of benzene rings is 3. The zero-order valence-electron chi connectivity index (χ0n) is 22.9. The van der Waals surface area contributed by atoms with Crippen LogP contribution in [0.15, 0.2) is 78.9 Å². The van der Waals surface area contributed by atoms with Crippen molar-refractivity contribution in [3.05, 3.63) is 90.0 Å². The summed E-state index contributed by atoms with van der Waals surface area (Å²) in [5.74, 6) is 0.259. The lowest BCUT2D eigenvalue weighted by Gasteiger charge is -2.23. The first kappa shape index (κ1) is 28.9. The summed E-state index contributed by atoms with van der Waals surface area (Å²) in [6, 6.07) is 24.9. The SMILES string of the molecule is C[N+](C)(C)c1ccc(CC(=O)OCCCCCCCCOc2ccccc2C(=O)Nc2ccccc2)cc1. The van der Waals surface area contributed by atoms with Crippen LogP contribution in [0.5, 0.6) is 5.75 Å². The lowest BCUT2D eigenvalue weighted by Crippen LogP contribution is -2.34. The Morgan fingerprint density at radius 2 is 1.32 bits per heavy atom. The second-order valence-electron chi connectivity index (χ2n) is 10.4. The summed E-state index contributed by atoms with van der Waals surface area (Å²) in [6.07, 6.45) is 6.42. The van der Waals surface area contributed by atoms with E-state index in [2.05, 4.69) is 38.6 Å². The van der Waals surface area contributed by atoms with Crippen LogP contribution in [0, 0.1) is 0 Å². The van der Waals surface area contributed by atoms with Crippen LogP contribution in [-0.2, 0) is 16.0 Å². The fourth-order valence-corrected chi connectivity index (χ4v) is 4.06. The molecule has 0 bridgehead atoms. The fourth-order valence-electron chi connectivity index (χ4n) is 4.06. The number of unbranched alkanes of at least 4 members (excludes halogenated alkanes) is 5. The number of carbonyl (C=O) groups is 2. The van der Waals surface area contributed by atoms with Crippen LogP contribution in [-0.4, -0.2) is 46.2 Å². The first-order valence-electron chi connectivity index (χ1n) is 13.5. The van der Waals surface area contributed by atoms with Crippen molar-refractivity contribution in [2.75, 3.05) is 39.7 Å². The lowest BCUT2D eigenvalue weighted by atomic mass is 10.1. The molecule has 0 aromatic heterocycles. The number of ether oxygens (including phenoxy) is 2. The Bertz CT molecular complexity index is 1140. The number of hydrogen-bond acceptors (Lipinski definition) is 4. The van der Waals surface area contributed by atoms with Crippen molar-refractivity contribution >= 4 is 23.3 Å². The van der Waals surface area contributed by atoms with Gasteiger partial charge in [-0.15, -0.1) is 0 Å². The van der Waals surface area contributed by atoms with Gasteiger partial charge in [-0.2, -0.15) is 0 Å². The lowest BCUT2D eigenvalue weighted by molar-refractivity contribution is -0.142. The number of para-hydroxylation sites is 2. The largest absolute Gasteiger partial charge is 0.493 e. The smallest absolute Gasteiger partial charge is 0.310 e. The molecule has 1 N–H and O–H groups in total. The minimum absolute atomic E-state index is 0.169. The van der Waals surface area contributed by atoms with Gasteiger partial charge in [-0.25, -0.2) is 0 Å². The highest BCUT2D eigenvalue weighted by atomic mass is 16.5. The number of hydrogen-bond donors (Lipinski definition) is 1. The first-order chi connectivity index (χ1) is 18.3. The number of nitrogens with one attached hydrogen (secondary N) is 1. The molecule has 0 saturated heterocycles. The highest BCUT2D eigenvalue weighted by molar-refractivity contribution is 6.06. The van der Waals surface area contributed by atoms with Gasteiger partial charge in [0.25, 0.3) is 5.91 Å². The molecule has 202 valence electrons. The molecule has 1 amide bonds. The van der Waals surface area contributed by atoms with Crippen LogP contribution >= 0.6 is 0 Å². The van der Waals surface area contributed by atoms with E-state index in [1.54, 1.807) is 6.07 Å². The number of anilines is 1. The molecule has 3 aromatic carbocycles. The zero-order valence-corrected chi connectivity index (χ0v) is 22.9. The molecule has 0 saturated carbocycles. The molecule has 0 radical (unpaired) electrons. The number of carbonyl (C=O) groups excluding carboxylic acids is 2. The van der Waals surface area contributed by atoms with Gasteiger partial charge in [0.15, 0.2) is 0 Å². The van der Waals surface area contributed by atoms with E-state index >= 15 is 0 Å². The number of esters is 1. The van der Waals surface area contributed by atoms with E-state index in [4.69, 9.17) is 9.47 Å². The minimum Gasteiger partial charge on any atom is -0.493 e. The Hall–Kier alpha value is -3.64. The summed E-state index contributed by atoms with van der Waals surface area (Å²) in [7, 11) is 6.35. The normalized spacial score (nSPS) is 11.1. The molecular formula is C32H41N2O4+. The molecule has 6 nitrogen and oxygen atoms in total. The summed E-state index contributed by atoms with van der Waals surface area (Å²) in [6.45, 7) is 1.05. The van der Waals surface area contributed by atoms with E-state index in [-0.39, 0.29) is 11.9 Å². The van der Waals surface area contributed by atoms with Gasteiger partial charge < -0.3 is 14.8 Å². The van der Waals surface area contributed by atoms with E-state index in [9.17, 15) is 9.59 Å². The standard InChI is InChI=1S/C32H40N2O4/c1-34(2,3)28-21-19-26(20-22-28)25-31(35)38-24-14-7-5-4-6-13-23-37-30-18-12-11-17-29(30)32(36)33-27-15-9-8-10-16-27/h8-12,15-22H,4-7,13-14,23-25H2,1-3H3/p+1. The highest BCUT2D eigenvalue weighted by Gasteiger charge is 2.13. The Balaban J connectivity index is 1.23. The van der Waals surface area contributed by atoms with Crippen molar-refractivity contribution in [2.24, 2.45) is 0 Å². The average Bonchev–Trinajstić information content (AvgIpc) is 2.90. The van der Waals surface area contributed by atoms with Crippen LogP contribution in [0.25, 0.3) is 0 Å². The molecule has 38 heavy (non-hydrogen) atoms. The van der Waals surface area contributed by atoms with Crippen LogP contribution in [0.2, 0.25) is 0 Å². The molecule has 3 aromatic rings. The van der Waals surface area contributed by atoms with Gasteiger partial charge in [0.1, 0.15) is 11.4 Å². The van der Waals surface area contributed by atoms with Gasteiger partial charge >= 0.3 is 5.97 Å². The minimum atomic E-state index is -0.176. The van der Waals surface area contributed by atoms with Gasteiger partial charge in [0.05, 0.1) is 46.3 Å². The molecule has 0 fully saturated rings. The second kappa shape index (κ2) is 14.9. The Labute approximate surface area is 227 Å². The van der Waals surface area contributed by atoms with Crippen LogP contribution in [0.4, 0.5) is 11.4 Å². The van der Waals surface area contributed by atoms with Crippen molar-refractivity contribution in [3.8, 4) is 5.75 Å². The molecule has 6 heteroatoms. The van der Waals surface area contributed by atoms with Crippen LogP contribution in [0.1, 0.15) is 54.4 Å². The number of rotatable bonds is 15. The topological polar surface area (TPSA) is 64.6 Å². The fraction of sp³-hybridized carbons (Fsp3) is 0.375. The van der Waals surface area contributed by atoms with Crippen LogP contribution < -0.4 is 14.5 Å². The van der Waals surface area contributed by atoms with E-state index < -0.39 is 0 Å². The highest BCUT2D eigenvalue weighted by Crippen LogP contribution is 2.21. The third kappa shape index (κ3) is 10.0. The van der Waals surface area contributed by atoms with Gasteiger partial charge in [-0.05, 0) is 54.8 Å². The summed E-state index contributed by atoms with van der Waals surface area (Å²) < 4.78 is 12.1. The monoisotopic (exact) mass is 517 g/mol. The molecule has 0 unspecified atom stereocenters. The third-order valence-corrected chi connectivity index (χ3v) is 6.28. The summed E-state index contributed by atoms with van der Waals surface area (Å²) >= 11 is 0. The Morgan fingerprint density at radius 3 is 2.00 bits per heavy atom. The number of nitrogens with zero attached hydrogens (tertiary/aromatic N) is 1. The van der Waals surface area contributed by atoms with Gasteiger partial charge in [0, 0.05) is 5.69 Å². The van der Waals surface area contributed by atoms with E-state index in [0.29, 0.717) is 30.9 Å². The summed E-state index contributed by atoms with van der Waals surface area (Å²) in [5.41, 5.74) is 3.47. The molecule has 0 aliphatic rings. The molecule has 0 aliphatic carbocycles. The predicted octanol–water partition coefficient (Wildman–Crippen LogP) is 6.64. The number of quaternary nitrogens is 1. The first-order valence-corrected chi connectivity index (χ1v) is 13.5. The van der Waals surface area contributed by atoms with E-state index in [0.717, 1.165) is 54.3 Å². The third-order valence-electron chi connectivity index (χ3n) is 6.28. The van der Waals surface area contributed by atoms with Crippen molar-refractivity contribution in [1.82, 2.24) is 4.48 Å². The maximum atomic E-state index is 12.7. The van der Waals surface area contributed by atoms with E-state index in [1.165, 1.54) is 5.69 Å². The van der Waals surface area contributed by atoms with Crippen molar-refractivity contribution < 1.29 is 19.1 Å². The zero-order chi connectivity index (χ0) is 27.2. The van der Waals surface area contributed by atoms with Gasteiger partial charge in [-0.3, -0.25) is 14.1 Å². The maximum Gasteiger partial charge on any atom is 0.310 e. The van der Waals surface area contributed by atoms with Crippen molar-refractivity contribution in [1.29, 1.82) is 0 Å². The maximum absolute atomic E-state index is 12.7. The molecule has 0 aliphatic heterocycles. The molecular weight excluding hydrogens is 476 g/mol. The average molecular weight is 518 g/mol. The Morgan fingerprint density at radius 1 is 0.711 bits per heavy atom. The van der Waals surface area contributed by atoms with Gasteiger partial charge in [0.2, 0.25) is 0 Å². The second-order valence-corrected chi connectivity index (χ2v) is 10.4. The summed E-state index contributed by atoms with van der Waals surface area (Å²) in [5, 5.41) is 2.91. The van der Waals surface area contributed by atoms with Crippen molar-refractivity contribution in [2.45, 2.75) is 44.9 Å². The summed E-state index contributed by atoms with van der Waals surface area (Å²) in [4.78, 5) is 24.8. The molecule has 3 rings (SSSR count). The Kier molecular flexibility index (Phi) is 11.4.